The topological polar surface area (TPSA) is 36.4 Å². The normalized spacial score (nSPS) is 16.5. The van der Waals surface area contributed by atoms with Gasteiger partial charge >= 0.3 is 6.18 Å². The molecule has 0 radical (unpaired) electrons. The molecule has 1 aromatic heterocycles. The van der Waals surface area contributed by atoms with Crippen molar-refractivity contribution in [3.8, 4) is 0 Å². The first-order valence-corrected chi connectivity index (χ1v) is 6.07. The number of aliphatic hydroxyl groups excluding tert-OH is 1. The molecule has 0 bridgehead atoms. The van der Waals surface area contributed by atoms with E-state index in [4.69, 9.17) is 16.7 Å². The minimum Gasteiger partial charge on any atom is -0.390 e. The third kappa shape index (κ3) is 3.19. The van der Waals surface area contributed by atoms with Crippen LogP contribution in [0.25, 0.3) is 0 Å². The fourth-order valence-electron chi connectivity index (χ4n) is 1.89. The summed E-state index contributed by atoms with van der Waals surface area (Å²) in [6.45, 7) is 0.0866. The lowest BCUT2D eigenvalue weighted by Gasteiger charge is -2.28. The Balaban J connectivity index is 2.16. The first-order chi connectivity index (χ1) is 8.91. The van der Waals surface area contributed by atoms with Gasteiger partial charge in [0.05, 0.1) is 17.3 Å². The van der Waals surface area contributed by atoms with Crippen molar-refractivity contribution in [2.24, 2.45) is 0 Å². The van der Waals surface area contributed by atoms with Gasteiger partial charge in [-0.05, 0) is 18.6 Å². The Morgan fingerprint density at radius 3 is 2.63 bits per heavy atom. The Morgan fingerprint density at radius 1 is 1.37 bits per heavy atom. The summed E-state index contributed by atoms with van der Waals surface area (Å²) in [5.74, 6) is 0.519. The van der Waals surface area contributed by atoms with Gasteiger partial charge in [0.15, 0.2) is 0 Å². The van der Waals surface area contributed by atoms with Crippen molar-refractivity contribution in [2.75, 3.05) is 18.0 Å². The number of anilines is 1. The molecule has 0 spiro atoms. The van der Waals surface area contributed by atoms with Crippen LogP contribution in [0.1, 0.15) is 12.1 Å². The van der Waals surface area contributed by atoms with Crippen LogP contribution in [-0.4, -0.2) is 29.4 Å². The predicted octanol–water partition coefficient (Wildman–Crippen LogP) is 2.93. The first-order valence-electron chi connectivity index (χ1n) is 5.69. The van der Waals surface area contributed by atoms with Gasteiger partial charge in [0.2, 0.25) is 0 Å². The van der Waals surface area contributed by atoms with E-state index in [9.17, 15) is 13.2 Å². The molecule has 0 fully saturated rings. The van der Waals surface area contributed by atoms with Crippen molar-refractivity contribution >= 4 is 17.4 Å². The van der Waals surface area contributed by atoms with Crippen molar-refractivity contribution in [3.63, 3.8) is 0 Å². The number of hydrogen-bond donors (Lipinski definition) is 1. The first kappa shape index (κ1) is 14.1. The van der Waals surface area contributed by atoms with Gasteiger partial charge in [0.1, 0.15) is 5.82 Å². The smallest absolute Gasteiger partial charge is 0.390 e. The van der Waals surface area contributed by atoms with Gasteiger partial charge in [-0.3, -0.25) is 0 Å². The molecule has 7 heteroatoms. The molecule has 19 heavy (non-hydrogen) atoms. The Bertz CT molecular complexity index is 502. The average molecular weight is 293 g/mol. The number of rotatable bonds is 2. The van der Waals surface area contributed by atoms with E-state index >= 15 is 0 Å². The summed E-state index contributed by atoms with van der Waals surface area (Å²) in [6.07, 6.45) is -3.16. The molecule has 0 amide bonds. The number of hydrogen-bond acceptors (Lipinski definition) is 3. The van der Waals surface area contributed by atoms with Crippen molar-refractivity contribution in [1.29, 1.82) is 0 Å². The third-order valence-corrected chi connectivity index (χ3v) is 3.30. The molecular weight excluding hydrogens is 281 g/mol. The van der Waals surface area contributed by atoms with Crippen molar-refractivity contribution in [2.45, 2.75) is 19.2 Å². The lowest BCUT2D eigenvalue weighted by atomic mass is 10.1. The molecular formula is C12H12ClF3N2O. The van der Waals surface area contributed by atoms with Crippen LogP contribution in [-0.2, 0) is 6.61 Å². The summed E-state index contributed by atoms with van der Waals surface area (Å²) in [5.41, 5.74) is -0.176. The van der Waals surface area contributed by atoms with E-state index in [0.29, 0.717) is 16.5 Å². The van der Waals surface area contributed by atoms with Crippen LogP contribution in [0, 0.1) is 0 Å². The molecule has 3 nitrogen and oxygen atoms in total. The van der Waals surface area contributed by atoms with Crippen LogP contribution in [0.2, 0.25) is 5.02 Å². The Kier molecular flexibility index (Phi) is 4.01. The van der Waals surface area contributed by atoms with Crippen molar-refractivity contribution < 1.29 is 18.3 Å². The highest BCUT2D eigenvalue weighted by atomic mass is 35.5. The molecule has 1 aromatic rings. The maximum atomic E-state index is 12.5. The van der Waals surface area contributed by atoms with Crippen LogP contribution in [0.4, 0.5) is 19.0 Å². The van der Waals surface area contributed by atoms with Gasteiger partial charge < -0.3 is 10.0 Å². The summed E-state index contributed by atoms with van der Waals surface area (Å²) < 4.78 is 37.5. The van der Waals surface area contributed by atoms with E-state index in [0.717, 1.165) is 0 Å². The number of nitrogens with zero attached hydrogens (tertiary/aromatic N) is 2. The molecule has 0 aliphatic carbocycles. The predicted molar refractivity (Wildman–Crippen MR) is 66.1 cm³/mol. The SMILES string of the molecule is OCc1nc(N2CC=C(C(F)(F)F)CC2)ccc1Cl. The maximum Gasteiger partial charge on any atom is 0.412 e. The summed E-state index contributed by atoms with van der Waals surface area (Å²) >= 11 is 5.82. The fraction of sp³-hybridized carbons (Fsp3) is 0.417. The van der Waals surface area contributed by atoms with Crippen LogP contribution < -0.4 is 4.90 Å². The van der Waals surface area contributed by atoms with E-state index in [1.54, 1.807) is 17.0 Å². The van der Waals surface area contributed by atoms with Gasteiger partial charge in [-0.1, -0.05) is 17.7 Å². The average Bonchev–Trinajstić information content (AvgIpc) is 2.38. The Hall–Kier alpha value is -1.27. The van der Waals surface area contributed by atoms with Crippen molar-refractivity contribution in [3.05, 3.63) is 34.5 Å². The van der Waals surface area contributed by atoms with Gasteiger partial charge in [0, 0.05) is 18.7 Å². The summed E-state index contributed by atoms with van der Waals surface area (Å²) in [6, 6.07) is 3.21. The van der Waals surface area contributed by atoms with Crippen LogP contribution >= 0.6 is 11.6 Å². The molecule has 0 saturated carbocycles. The molecule has 1 aliphatic rings. The lowest BCUT2D eigenvalue weighted by Crippen LogP contribution is -2.32. The van der Waals surface area contributed by atoms with Crippen LogP contribution in [0.5, 0.6) is 0 Å². The van der Waals surface area contributed by atoms with Crippen LogP contribution in [0.3, 0.4) is 0 Å². The van der Waals surface area contributed by atoms with Gasteiger partial charge in [-0.2, -0.15) is 13.2 Å². The van der Waals surface area contributed by atoms with Gasteiger partial charge in [-0.15, -0.1) is 0 Å². The second-order valence-corrected chi connectivity index (χ2v) is 4.59. The number of alkyl halides is 3. The number of aromatic nitrogens is 1. The quantitative estimate of drug-likeness (QED) is 0.852. The Labute approximate surface area is 113 Å². The zero-order chi connectivity index (χ0) is 14.0. The minimum absolute atomic E-state index is 0.0672. The highest BCUT2D eigenvalue weighted by Crippen LogP contribution is 2.31. The van der Waals surface area contributed by atoms with E-state index < -0.39 is 11.7 Å². The molecule has 2 rings (SSSR count). The molecule has 2 heterocycles. The second-order valence-electron chi connectivity index (χ2n) is 4.18. The van der Waals surface area contributed by atoms with Crippen molar-refractivity contribution in [1.82, 2.24) is 4.98 Å². The van der Waals surface area contributed by atoms with Gasteiger partial charge in [0.25, 0.3) is 0 Å². The second kappa shape index (κ2) is 5.38. The lowest BCUT2D eigenvalue weighted by molar-refractivity contribution is -0.0944. The molecule has 1 N–H and O–H groups in total. The number of pyridine rings is 1. The largest absolute Gasteiger partial charge is 0.412 e. The number of aliphatic hydroxyl groups is 1. The maximum absolute atomic E-state index is 12.5. The fourth-order valence-corrected chi connectivity index (χ4v) is 2.06. The monoisotopic (exact) mass is 292 g/mol. The molecule has 1 aliphatic heterocycles. The molecule has 104 valence electrons. The van der Waals surface area contributed by atoms with E-state index in [-0.39, 0.29) is 26.1 Å². The van der Waals surface area contributed by atoms with E-state index in [1.165, 1.54) is 6.08 Å². The summed E-state index contributed by atoms with van der Waals surface area (Å²) in [7, 11) is 0. The number of halogens is 4. The molecule has 0 saturated heterocycles. The zero-order valence-corrected chi connectivity index (χ0v) is 10.7. The highest BCUT2D eigenvalue weighted by molar-refractivity contribution is 6.31. The standard InChI is InChI=1S/C12H12ClF3N2O/c13-9-1-2-11(17-10(9)7-19)18-5-3-8(4-6-18)12(14,15)16/h1-3,19H,4-7H2. The van der Waals surface area contributed by atoms with Gasteiger partial charge in [-0.25, -0.2) is 4.98 Å². The zero-order valence-electron chi connectivity index (χ0n) is 9.91. The van der Waals surface area contributed by atoms with E-state index in [2.05, 4.69) is 4.98 Å². The molecule has 0 aromatic carbocycles. The van der Waals surface area contributed by atoms with Crippen LogP contribution in [0.15, 0.2) is 23.8 Å². The molecule has 0 atom stereocenters. The van der Waals surface area contributed by atoms with E-state index in [1.807, 2.05) is 0 Å². The summed E-state index contributed by atoms with van der Waals surface area (Å²) in [5, 5.41) is 9.41. The Morgan fingerprint density at radius 2 is 2.11 bits per heavy atom. The minimum atomic E-state index is -4.25. The third-order valence-electron chi connectivity index (χ3n) is 2.95. The highest BCUT2D eigenvalue weighted by Gasteiger charge is 2.34. The molecule has 0 unspecified atom stereocenters. The summed E-state index contributed by atoms with van der Waals surface area (Å²) in [4.78, 5) is 5.85.